The lowest BCUT2D eigenvalue weighted by Crippen LogP contribution is -2.64. The van der Waals surface area contributed by atoms with E-state index in [-0.39, 0.29) is 23.2 Å². The molecule has 0 aromatic rings. The lowest BCUT2D eigenvalue weighted by Gasteiger charge is -2.60. The number of ether oxygens (including phenoxy) is 2. The second-order valence-corrected chi connectivity index (χ2v) is 8.77. The summed E-state index contributed by atoms with van der Waals surface area (Å²) in [6.07, 6.45) is 7.02. The fourth-order valence-electron chi connectivity index (χ4n) is 6.50. The molecule has 0 amide bonds. The maximum absolute atomic E-state index is 12.4. The molecule has 134 valence electrons. The summed E-state index contributed by atoms with van der Waals surface area (Å²) in [7, 11) is 1.49. The van der Waals surface area contributed by atoms with Gasteiger partial charge >= 0.3 is 5.97 Å². The van der Waals surface area contributed by atoms with Gasteiger partial charge in [0, 0.05) is 24.7 Å². The summed E-state index contributed by atoms with van der Waals surface area (Å²) < 4.78 is 11.7. The summed E-state index contributed by atoms with van der Waals surface area (Å²) in [6.45, 7) is 0. The fraction of sp³-hybridized carbons (Fsp3) is 0.944. The molecule has 0 radical (unpaired) electrons. The van der Waals surface area contributed by atoms with Gasteiger partial charge in [-0.25, -0.2) is 0 Å². The van der Waals surface area contributed by atoms with Crippen molar-refractivity contribution in [1.29, 1.82) is 0 Å². The molecule has 24 heavy (non-hydrogen) atoms. The van der Waals surface area contributed by atoms with Gasteiger partial charge in [0.1, 0.15) is 0 Å². The normalized spacial score (nSPS) is 55.4. The summed E-state index contributed by atoms with van der Waals surface area (Å²) in [5.41, 5.74) is -0.356. The van der Waals surface area contributed by atoms with Crippen molar-refractivity contribution < 1.29 is 29.1 Å². The molecule has 6 aliphatic rings. The predicted molar refractivity (Wildman–Crippen MR) is 81.2 cm³/mol. The SMILES string of the molecule is COC(=O)C12CC3CC(C1)C1(OOC4(CCCC(O)C4)O1)C(C3)C2. The Morgan fingerprint density at radius 2 is 1.88 bits per heavy atom. The number of carbonyl (C=O) groups excluding carboxylic acids is 1. The Morgan fingerprint density at radius 1 is 1.12 bits per heavy atom. The Hall–Kier alpha value is -0.690. The molecule has 2 spiro atoms. The van der Waals surface area contributed by atoms with Crippen LogP contribution >= 0.6 is 0 Å². The molecule has 1 saturated heterocycles. The molecular formula is C18H26O6. The highest BCUT2D eigenvalue weighted by Gasteiger charge is 2.71. The summed E-state index contributed by atoms with van der Waals surface area (Å²) in [5.74, 6) is -0.717. The lowest BCUT2D eigenvalue weighted by atomic mass is 9.47. The monoisotopic (exact) mass is 338 g/mol. The van der Waals surface area contributed by atoms with Crippen LogP contribution in [0, 0.1) is 23.2 Å². The van der Waals surface area contributed by atoms with Gasteiger partial charge in [0.25, 0.3) is 0 Å². The Morgan fingerprint density at radius 3 is 2.54 bits per heavy atom. The van der Waals surface area contributed by atoms with E-state index in [1.54, 1.807) is 0 Å². The van der Waals surface area contributed by atoms with Gasteiger partial charge in [-0.3, -0.25) is 4.79 Å². The molecule has 6 heteroatoms. The minimum absolute atomic E-state index is 0.0709. The van der Waals surface area contributed by atoms with E-state index >= 15 is 0 Å². The van der Waals surface area contributed by atoms with Crippen LogP contribution in [0.15, 0.2) is 0 Å². The van der Waals surface area contributed by atoms with E-state index in [0.717, 1.165) is 51.4 Å². The summed E-state index contributed by atoms with van der Waals surface area (Å²) >= 11 is 0. The van der Waals surface area contributed by atoms with E-state index in [1.807, 2.05) is 0 Å². The predicted octanol–water partition coefficient (Wildman–Crippen LogP) is 2.29. The number of esters is 1. The van der Waals surface area contributed by atoms with E-state index in [0.29, 0.717) is 12.3 Å². The molecule has 5 saturated carbocycles. The third-order valence-corrected chi connectivity index (χ3v) is 7.26. The van der Waals surface area contributed by atoms with Crippen molar-refractivity contribution in [3.05, 3.63) is 0 Å². The van der Waals surface area contributed by atoms with E-state index in [2.05, 4.69) is 0 Å². The molecule has 6 nitrogen and oxygen atoms in total. The van der Waals surface area contributed by atoms with Gasteiger partial charge in [-0.05, 0) is 50.9 Å². The Balaban J connectivity index is 1.44. The van der Waals surface area contributed by atoms with Gasteiger partial charge in [0.15, 0.2) is 0 Å². The van der Waals surface area contributed by atoms with Crippen molar-refractivity contribution in [2.45, 2.75) is 75.5 Å². The second kappa shape index (κ2) is 4.93. The molecule has 0 aromatic heterocycles. The van der Waals surface area contributed by atoms with Crippen LogP contribution in [0.5, 0.6) is 0 Å². The average Bonchev–Trinajstić information content (AvgIpc) is 2.91. The van der Waals surface area contributed by atoms with Crippen LogP contribution in [0.25, 0.3) is 0 Å². The second-order valence-electron chi connectivity index (χ2n) is 8.77. The molecule has 6 rings (SSSR count). The Labute approximate surface area is 141 Å². The van der Waals surface area contributed by atoms with E-state index in [4.69, 9.17) is 19.2 Å². The number of methoxy groups -OCH3 is 1. The fourth-order valence-corrected chi connectivity index (χ4v) is 6.50. The minimum Gasteiger partial charge on any atom is -0.469 e. The zero-order chi connectivity index (χ0) is 16.6. The van der Waals surface area contributed by atoms with Gasteiger partial charge in [-0.15, -0.1) is 0 Å². The first-order valence-corrected chi connectivity index (χ1v) is 9.33. The number of aliphatic hydroxyl groups is 1. The van der Waals surface area contributed by atoms with Gasteiger partial charge in [-0.1, -0.05) is 0 Å². The zero-order valence-electron chi connectivity index (χ0n) is 14.2. The molecule has 5 aliphatic carbocycles. The van der Waals surface area contributed by atoms with Crippen molar-refractivity contribution in [2.24, 2.45) is 23.2 Å². The van der Waals surface area contributed by atoms with Crippen molar-refractivity contribution in [1.82, 2.24) is 0 Å². The topological polar surface area (TPSA) is 74.2 Å². The highest BCUT2D eigenvalue weighted by Crippen LogP contribution is 2.67. The first-order valence-electron chi connectivity index (χ1n) is 9.33. The molecular weight excluding hydrogens is 312 g/mol. The number of hydrogen-bond acceptors (Lipinski definition) is 6. The standard InChI is InChI=1S/C18H26O6/c1-21-15(20)16-7-11-5-12(8-16)18(13(6-11)9-16)22-17(23-24-18)4-2-3-14(19)10-17/h11-14,19H,2-10H2,1H3. The van der Waals surface area contributed by atoms with Crippen LogP contribution in [-0.4, -0.2) is 35.9 Å². The average molecular weight is 338 g/mol. The minimum atomic E-state index is -0.800. The molecule has 4 atom stereocenters. The van der Waals surface area contributed by atoms with Crippen LogP contribution in [0.2, 0.25) is 0 Å². The Kier molecular flexibility index (Phi) is 3.20. The van der Waals surface area contributed by atoms with Crippen LogP contribution in [0.3, 0.4) is 0 Å². The molecule has 1 aliphatic heterocycles. The van der Waals surface area contributed by atoms with Gasteiger partial charge in [0.2, 0.25) is 11.6 Å². The number of aliphatic hydroxyl groups excluding tert-OH is 1. The van der Waals surface area contributed by atoms with Crippen LogP contribution in [0.4, 0.5) is 0 Å². The third kappa shape index (κ3) is 1.94. The maximum Gasteiger partial charge on any atom is 0.311 e. The number of carbonyl (C=O) groups is 1. The molecule has 1 N–H and O–H groups in total. The summed E-state index contributed by atoms with van der Waals surface area (Å²) in [5, 5.41) is 10.0. The van der Waals surface area contributed by atoms with E-state index in [1.165, 1.54) is 7.11 Å². The molecule has 4 bridgehead atoms. The Bertz CT molecular complexity index is 546. The summed E-state index contributed by atoms with van der Waals surface area (Å²) in [6, 6.07) is 0. The van der Waals surface area contributed by atoms with Crippen molar-refractivity contribution in [3.8, 4) is 0 Å². The quantitative estimate of drug-likeness (QED) is 0.584. The summed E-state index contributed by atoms with van der Waals surface area (Å²) in [4.78, 5) is 24.1. The molecule has 0 aromatic carbocycles. The molecule has 4 unspecified atom stereocenters. The number of hydrogen-bond donors (Lipinski definition) is 1. The first kappa shape index (κ1) is 15.6. The smallest absolute Gasteiger partial charge is 0.311 e. The van der Waals surface area contributed by atoms with Gasteiger partial charge in [0.05, 0.1) is 18.6 Å². The molecule has 1 heterocycles. The van der Waals surface area contributed by atoms with Gasteiger partial charge < -0.3 is 14.6 Å². The van der Waals surface area contributed by atoms with Crippen LogP contribution in [-0.2, 0) is 24.0 Å². The maximum atomic E-state index is 12.4. The number of rotatable bonds is 1. The van der Waals surface area contributed by atoms with Crippen molar-refractivity contribution >= 4 is 5.97 Å². The zero-order valence-corrected chi connectivity index (χ0v) is 14.2. The van der Waals surface area contributed by atoms with Crippen LogP contribution < -0.4 is 0 Å². The van der Waals surface area contributed by atoms with Crippen molar-refractivity contribution in [2.75, 3.05) is 7.11 Å². The highest BCUT2D eigenvalue weighted by atomic mass is 17.3. The van der Waals surface area contributed by atoms with E-state index in [9.17, 15) is 9.90 Å². The molecule has 6 fully saturated rings. The first-order chi connectivity index (χ1) is 11.5. The van der Waals surface area contributed by atoms with Gasteiger partial charge in [-0.2, -0.15) is 9.78 Å². The van der Waals surface area contributed by atoms with Crippen molar-refractivity contribution in [3.63, 3.8) is 0 Å². The lowest BCUT2D eigenvalue weighted by molar-refractivity contribution is -0.394. The van der Waals surface area contributed by atoms with E-state index < -0.39 is 17.7 Å². The third-order valence-electron chi connectivity index (χ3n) is 7.26. The largest absolute Gasteiger partial charge is 0.469 e. The highest BCUT2D eigenvalue weighted by molar-refractivity contribution is 5.77. The van der Waals surface area contributed by atoms with Crippen LogP contribution in [0.1, 0.15) is 57.8 Å².